The van der Waals surface area contributed by atoms with E-state index in [1.54, 1.807) is 18.2 Å². The standard InChI is InChI=1S/C19H16N2O3/c1-20-11-14(12-6-2-3-7-15(12)20)13-10-18(23)21(19(13)24)16-8-4-5-9-17(16)22/h2-9,11,13,22H,10H2,1H3/t13-/m1/s1. The minimum atomic E-state index is -0.525. The summed E-state index contributed by atoms with van der Waals surface area (Å²) < 4.78 is 1.96. The van der Waals surface area contributed by atoms with E-state index in [0.717, 1.165) is 21.4 Å². The molecule has 1 aromatic heterocycles. The molecule has 1 atom stereocenters. The first-order valence-corrected chi connectivity index (χ1v) is 7.76. The number of hydrogen-bond acceptors (Lipinski definition) is 3. The highest BCUT2D eigenvalue weighted by atomic mass is 16.3. The lowest BCUT2D eigenvalue weighted by Crippen LogP contribution is -2.30. The molecule has 2 heterocycles. The molecule has 0 unspecified atom stereocenters. The van der Waals surface area contributed by atoms with Crippen LogP contribution >= 0.6 is 0 Å². The third kappa shape index (κ3) is 2.01. The lowest BCUT2D eigenvalue weighted by atomic mass is 9.97. The van der Waals surface area contributed by atoms with Crippen molar-refractivity contribution in [2.45, 2.75) is 12.3 Å². The third-order valence-corrected chi connectivity index (χ3v) is 4.57. The summed E-state index contributed by atoms with van der Waals surface area (Å²) in [5.74, 6) is -1.18. The lowest BCUT2D eigenvalue weighted by Gasteiger charge is -2.16. The van der Waals surface area contributed by atoms with Gasteiger partial charge in [0.15, 0.2) is 0 Å². The van der Waals surface area contributed by atoms with E-state index >= 15 is 0 Å². The Morgan fingerprint density at radius 3 is 2.54 bits per heavy atom. The molecule has 4 rings (SSSR count). The minimum absolute atomic E-state index is 0.0715. The summed E-state index contributed by atoms with van der Waals surface area (Å²) in [5.41, 5.74) is 2.12. The number of para-hydroxylation sites is 3. The van der Waals surface area contributed by atoms with Crippen molar-refractivity contribution >= 4 is 28.4 Å². The fourth-order valence-corrected chi connectivity index (χ4v) is 3.43. The van der Waals surface area contributed by atoms with E-state index in [1.807, 2.05) is 42.1 Å². The molecule has 1 aliphatic heterocycles. The number of hydrogen-bond donors (Lipinski definition) is 1. The van der Waals surface area contributed by atoms with E-state index in [9.17, 15) is 14.7 Å². The lowest BCUT2D eigenvalue weighted by molar-refractivity contribution is -0.121. The summed E-state index contributed by atoms with van der Waals surface area (Å²) in [5, 5.41) is 11.0. The predicted octanol–water partition coefficient (Wildman–Crippen LogP) is 2.93. The van der Waals surface area contributed by atoms with Crippen molar-refractivity contribution in [1.29, 1.82) is 0 Å². The topological polar surface area (TPSA) is 62.5 Å². The third-order valence-electron chi connectivity index (χ3n) is 4.57. The molecule has 1 fully saturated rings. The van der Waals surface area contributed by atoms with E-state index in [4.69, 9.17) is 0 Å². The molecular formula is C19H16N2O3. The van der Waals surface area contributed by atoms with Gasteiger partial charge in [0, 0.05) is 30.6 Å². The molecule has 0 radical (unpaired) electrons. The van der Waals surface area contributed by atoms with Gasteiger partial charge < -0.3 is 9.67 Å². The average Bonchev–Trinajstić information content (AvgIpc) is 3.06. The second-order valence-electron chi connectivity index (χ2n) is 6.03. The Hall–Kier alpha value is -3.08. The van der Waals surface area contributed by atoms with Gasteiger partial charge in [-0.05, 0) is 23.8 Å². The van der Waals surface area contributed by atoms with Crippen molar-refractivity contribution < 1.29 is 14.7 Å². The Labute approximate surface area is 138 Å². The van der Waals surface area contributed by atoms with Crippen molar-refractivity contribution in [2.24, 2.45) is 7.05 Å². The Balaban J connectivity index is 1.80. The van der Waals surface area contributed by atoms with Gasteiger partial charge in [0.25, 0.3) is 0 Å². The number of carbonyl (C=O) groups excluding carboxylic acids is 2. The van der Waals surface area contributed by atoms with Crippen molar-refractivity contribution in [1.82, 2.24) is 4.57 Å². The summed E-state index contributed by atoms with van der Waals surface area (Å²) in [7, 11) is 1.92. The van der Waals surface area contributed by atoms with E-state index in [-0.39, 0.29) is 29.7 Å². The number of imide groups is 1. The van der Waals surface area contributed by atoms with Gasteiger partial charge in [0.05, 0.1) is 11.6 Å². The Morgan fingerprint density at radius 2 is 1.75 bits per heavy atom. The fraction of sp³-hybridized carbons (Fsp3) is 0.158. The quantitative estimate of drug-likeness (QED) is 0.739. The first-order valence-electron chi connectivity index (χ1n) is 7.76. The van der Waals surface area contributed by atoms with Gasteiger partial charge in [-0.25, -0.2) is 4.90 Å². The zero-order valence-electron chi connectivity index (χ0n) is 13.1. The zero-order valence-corrected chi connectivity index (χ0v) is 13.1. The predicted molar refractivity (Wildman–Crippen MR) is 90.9 cm³/mol. The average molecular weight is 320 g/mol. The number of rotatable bonds is 2. The van der Waals surface area contributed by atoms with Gasteiger partial charge in [0.2, 0.25) is 11.8 Å². The number of carbonyl (C=O) groups is 2. The van der Waals surface area contributed by atoms with Crippen LogP contribution in [0.3, 0.4) is 0 Å². The number of fused-ring (bicyclic) bond motifs is 1. The largest absolute Gasteiger partial charge is 0.506 e. The first-order chi connectivity index (χ1) is 11.6. The number of aromatic hydroxyl groups is 1. The Kier molecular flexibility index (Phi) is 3.16. The SMILES string of the molecule is Cn1cc([C@H]2CC(=O)N(c3ccccc3O)C2=O)c2ccccc21. The minimum Gasteiger partial charge on any atom is -0.506 e. The highest BCUT2D eigenvalue weighted by Crippen LogP contribution is 2.39. The Bertz CT molecular complexity index is 974. The van der Waals surface area contributed by atoms with Gasteiger partial charge in [-0.1, -0.05) is 30.3 Å². The number of anilines is 1. The normalized spacial score (nSPS) is 17.9. The Morgan fingerprint density at radius 1 is 1.04 bits per heavy atom. The molecule has 0 bridgehead atoms. The van der Waals surface area contributed by atoms with Crippen LogP contribution in [0.1, 0.15) is 17.9 Å². The molecule has 2 amide bonds. The number of aromatic nitrogens is 1. The molecule has 0 spiro atoms. The smallest absolute Gasteiger partial charge is 0.242 e. The van der Waals surface area contributed by atoms with E-state index < -0.39 is 5.92 Å². The molecule has 2 aromatic carbocycles. The molecular weight excluding hydrogens is 304 g/mol. The number of phenolic OH excluding ortho intramolecular Hbond substituents is 1. The number of phenols is 1. The van der Waals surface area contributed by atoms with Crippen LogP contribution in [0.5, 0.6) is 5.75 Å². The van der Waals surface area contributed by atoms with Crippen LogP contribution in [0.15, 0.2) is 54.7 Å². The van der Waals surface area contributed by atoms with Crippen LogP contribution in [0.4, 0.5) is 5.69 Å². The molecule has 0 saturated carbocycles. The van der Waals surface area contributed by atoms with Crippen LogP contribution in [0, 0.1) is 0 Å². The molecule has 1 N–H and O–H groups in total. The summed E-state index contributed by atoms with van der Waals surface area (Å²) in [6, 6.07) is 14.2. The van der Waals surface area contributed by atoms with Gasteiger partial charge in [-0.15, -0.1) is 0 Å². The summed E-state index contributed by atoms with van der Waals surface area (Å²) in [6.07, 6.45) is 2.02. The maximum Gasteiger partial charge on any atom is 0.242 e. The van der Waals surface area contributed by atoms with Gasteiger partial charge in [0.1, 0.15) is 5.75 Å². The molecule has 120 valence electrons. The van der Waals surface area contributed by atoms with E-state index in [2.05, 4.69) is 0 Å². The molecule has 5 nitrogen and oxygen atoms in total. The fourth-order valence-electron chi connectivity index (χ4n) is 3.43. The summed E-state index contributed by atoms with van der Waals surface area (Å²) in [4.78, 5) is 26.5. The van der Waals surface area contributed by atoms with Crippen molar-refractivity contribution in [3.63, 3.8) is 0 Å². The summed E-state index contributed by atoms with van der Waals surface area (Å²) in [6.45, 7) is 0. The van der Waals surface area contributed by atoms with Crippen LogP contribution in [0.2, 0.25) is 0 Å². The number of amides is 2. The van der Waals surface area contributed by atoms with Crippen molar-refractivity contribution in [3.8, 4) is 5.75 Å². The van der Waals surface area contributed by atoms with E-state index in [0.29, 0.717) is 0 Å². The van der Waals surface area contributed by atoms with Crippen LogP contribution in [-0.2, 0) is 16.6 Å². The second kappa shape index (κ2) is 5.23. The van der Waals surface area contributed by atoms with Crippen LogP contribution < -0.4 is 4.90 Å². The van der Waals surface area contributed by atoms with Crippen molar-refractivity contribution in [2.75, 3.05) is 4.90 Å². The van der Waals surface area contributed by atoms with Gasteiger partial charge >= 0.3 is 0 Å². The molecule has 1 saturated heterocycles. The van der Waals surface area contributed by atoms with E-state index in [1.165, 1.54) is 6.07 Å². The number of aryl methyl sites for hydroxylation is 1. The zero-order chi connectivity index (χ0) is 16.8. The molecule has 24 heavy (non-hydrogen) atoms. The monoisotopic (exact) mass is 320 g/mol. The van der Waals surface area contributed by atoms with Crippen molar-refractivity contribution in [3.05, 3.63) is 60.3 Å². The van der Waals surface area contributed by atoms with Gasteiger partial charge in [-0.2, -0.15) is 0 Å². The molecule has 1 aliphatic rings. The summed E-state index contributed by atoms with van der Waals surface area (Å²) >= 11 is 0. The maximum absolute atomic E-state index is 12.9. The molecule has 5 heteroatoms. The highest BCUT2D eigenvalue weighted by molar-refractivity contribution is 6.24. The van der Waals surface area contributed by atoms with Crippen LogP contribution in [0.25, 0.3) is 10.9 Å². The molecule has 0 aliphatic carbocycles. The number of benzene rings is 2. The maximum atomic E-state index is 12.9. The van der Waals surface area contributed by atoms with Gasteiger partial charge in [-0.3, -0.25) is 9.59 Å². The second-order valence-corrected chi connectivity index (χ2v) is 6.03. The first kappa shape index (κ1) is 14.5. The number of nitrogens with zero attached hydrogens (tertiary/aromatic N) is 2. The molecule has 3 aromatic rings. The highest BCUT2D eigenvalue weighted by Gasteiger charge is 2.42. The van der Waals surface area contributed by atoms with Crippen LogP contribution in [-0.4, -0.2) is 21.5 Å².